The van der Waals surface area contributed by atoms with E-state index >= 15 is 0 Å². The van der Waals surface area contributed by atoms with Crippen LogP contribution in [0, 0.1) is 11.3 Å². The minimum atomic E-state index is -1.50. The van der Waals surface area contributed by atoms with Crippen LogP contribution in [0.3, 0.4) is 0 Å². The van der Waals surface area contributed by atoms with E-state index in [9.17, 15) is 14.6 Å². The molecule has 22 heavy (non-hydrogen) atoms. The highest BCUT2D eigenvalue weighted by atomic mass is 32.2. The van der Waals surface area contributed by atoms with Crippen LogP contribution in [-0.4, -0.2) is 28.3 Å². The van der Waals surface area contributed by atoms with Crippen LogP contribution in [0.15, 0.2) is 47.4 Å². The molecule has 0 amide bonds. The predicted molar refractivity (Wildman–Crippen MR) is 84.9 cm³/mol. The van der Waals surface area contributed by atoms with Gasteiger partial charge in [-0.25, -0.2) is 0 Å². The zero-order valence-electron chi connectivity index (χ0n) is 11.6. The maximum Gasteiger partial charge on any atom is 0.488 e. The first kappa shape index (κ1) is 14.9. The number of fused-ring (bicyclic) bond motifs is 1. The summed E-state index contributed by atoms with van der Waals surface area (Å²) in [5.74, 6) is 0. The van der Waals surface area contributed by atoms with Crippen LogP contribution in [0.25, 0.3) is 0 Å². The summed E-state index contributed by atoms with van der Waals surface area (Å²) in [6.07, 6.45) is 0.706. The molecule has 1 heterocycles. The van der Waals surface area contributed by atoms with Gasteiger partial charge in [0.25, 0.3) is 0 Å². The Hall–Kier alpha value is -1.98. The molecule has 0 saturated heterocycles. The van der Waals surface area contributed by atoms with Crippen molar-refractivity contribution in [1.29, 1.82) is 5.26 Å². The zero-order chi connectivity index (χ0) is 15.7. The summed E-state index contributed by atoms with van der Waals surface area (Å²) >= 11 is -1.35. The molecule has 1 atom stereocenters. The monoisotopic (exact) mass is 312 g/mol. The lowest BCUT2D eigenvalue weighted by Crippen LogP contribution is -2.31. The molecule has 0 bridgehead atoms. The highest BCUT2D eigenvalue weighted by Crippen LogP contribution is 2.32. The van der Waals surface area contributed by atoms with Crippen molar-refractivity contribution in [3.63, 3.8) is 0 Å². The Balaban J connectivity index is 1.87. The van der Waals surface area contributed by atoms with E-state index in [1.54, 1.807) is 46.8 Å². The second-order valence-corrected chi connectivity index (χ2v) is 6.41. The standard InChI is InChI=1S/C15H13BN2O3S/c17-10-11-1-4-14(5-2-11)22(21)18-8-7-12-9-13(16(19)20)3-6-15(12)18/h1-6,9,19-20H,7-8H2. The summed E-state index contributed by atoms with van der Waals surface area (Å²) in [5.41, 5.74) is 2.76. The molecule has 1 aliphatic rings. The number of hydrogen-bond donors (Lipinski definition) is 2. The van der Waals surface area contributed by atoms with Crippen molar-refractivity contribution < 1.29 is 14.6 Å². The fourth-order valence-electron chi connectivity index (χ4n) is 2.50. The lowest BCUT2D eigenvalue weighted by atomic mass is 9.79. The molecular formula is C15H13BN2O3S. The van der Waals surface area contributed by atoms with E-state index in [0.29, 0.717) is 28.9 Å². The highest BCUT2D eigenvalue weighted by molar-refractivity contribution is 7.92. The van der Waals surface area contributed by atoms with Gasteiger partial charge in [-0.2, -0.15) is 9.57 Å². The number of nitriles is 1. The Morgan fingerprint density at radius 3 is 2.55 bits per heavy atom. The third-order valence-electron chi connectivity index (χ3n) is 3.64. The quantitative estimate of drug-likeness (QED) is 0.629. The Kier molecular flexibility index (Phi) is 4.09. The molecule has 0 spiro atoms. The van der Waals surface area contributed by atoms with E-state index in [-0.39, 0.29) is 0 Å². The molecule has 3 rings (SSSR count). The van der Waals surface area contributed by atoms with Gasteiger partial charge in [0.15, 0.2) is 4.90 Å². The van der Waals surface area contributed by atoms with Gasteiger partial charge in [0, 0.05) is 0 Å². The van der Waals surface area contributed by atoms with E-state index in [4.69, 9.17) is 5.26 Å². The van der Waals surface area contributed by atoms with Crippen LogP contribution in [0.2, 0.25) is 0 Å². The minimum Gasteiger partial charge on any atom is -0.588 e. The summed E-state index contributed by atoms with van der Waals surface area (Å²) in [6.45, 7) is 0.604. The van der Waals surface area contributed by atoms with Crippen molar-refractivity contribution in [2.75, 3.05) is 10.8 Å². The number of anilines is 1. The summed E-state index contributed by atoms with van der Waals surface area (Å²) in [5, 5.41) is 27.2. The van der Waals surface area contributed by atoms with Crippen molar-refractivity contribution >= 4 is 29.6 Å². The summed E-state index contributed by atoms with van der Waals surface area (Å²) in [6, 6.07) is 13.8. The normalized spacial score (nSPS) is 14.4. The first-order chi connectivity index (χ1) is 10.6. The maximum absolute atomic E-state index is 12.7. The largest absolute Gasteiger partial charge is 0.588 e. The van der Waals surface area contributed by atoms with Crippen LogP contribution in [0.4, 0.5) is 5.69 Å². The fraction of sp³-hybridized carbons (Fsp3) is 0.133. The zero-order valence-corrected chi connectivity index (χ0v) is 12.5. The van der Waals surface area contributed by atoms with Gasteiger partial charge in [0.2, 0.25) is 0 Å². The van der Waals surface area contributed by atoms with Gasteiger partial charge in [0.05, 0.1) is 23.9 Å². The number of nitrogens with zero attached hydrogens (tertiary/aromatic N) is 2. The Bertz CT molecular complexity index is 731. The number of benzene rings is 2. The number of hydrogen-bond acceptors (Lipinski definition) is 5. The van der Waals surface area contributed by atoms with Gasteiger partial charge in [0.1, 0.15) is 11.4 Å². The predicted octanol–water partition coefficient (Wildman–Crippen LogP) is 0.323. The molecule has 5 nitrogen and oxygen atoms in total. The average molecular weight is 312 g/mol. The smallest absolute Gasteiger partial charge is 0.488 e. The molecule has 0 fully saturated rings. The third kappa shape index (κ3) is 2.70. The van der Waals surface area contributed by atoms with E-state index in [1.807, 2.05) is 6.07 Å². The summed E-state index contributed by atoms with van der Waals surface area (Å²) < 4.78 is 14.5. The molecule has 2 N–H and O–H groups in total. The summed E-state index contributed by atoms with van der Waals surface area (Å²) in [4.78, 5) is 0.637. The lowest BCUT2D eigenvalue weighted by Gasteiger charge is -2.21. The van der Waals surface area contributed by atoms with E-state index < -0.39 is 18.5 Å². The lowest BCUT2D eigenvalue weighted by molar-refractivity contribution is 0.426. The van der Waals surface area contributed by atoms with Crippen molar-refractivity contribution in [3.8, 4) is 6.07 Å². The molecule has 0 radical (unpaired) electrons. The van der Waals surface area contributed by atoms with E-state index in [0.717, 1.165) is 11.3 Å². The Morgan fingerprint density at radius 1 is 1.18 bits per heavy atom. The Morgan fingerprint density at radius 2 is 1.91 bits per heavy atom. The Labute approximate surface area is 131 Å². The van der Waals surface area contributed by atoms with Crippen LogP contribution >= 0.6 is 0 Å². The van der Waals surface area contributed by atoms with Crippen molar-refractivity contribution in [1.82, 2.24) is 0 Å². The minimum absolute atomic E-state index is 0.435. The molecular weight excluding hydrogens is 299 g/mol. The molecule has 2 aromatic rings. The molecule has 1 unspecified atom stereocenters. The van der Waals surface area contributed by atoms with E-state index in [2.05, 4.69) is 0 Å². The van der Waals surface area contributed by atoms with Crippen LogP contribution in [0.5, 0.6) is 0 Å². The van der Waals surface area contributed by atoms with Gasteiger partial charge in [-0.1, -0.05) is 12.1 Å². The highest BCUT2D eigenvalue weighted by Gasteiger charge is 2.31. The van der Waals surface area contributed by atoms with Crippen LogP contribution in [0.1, 0.15) is 11.1 Å². The van der Waals surface area contributed by atoms with Crippen molar-refractivity contribution in [3.05, 3.63) is 53.6 Å². The average Bonchev–Trinajstić information content (AvgIpc) is 2.97. The van der Waals surface area contributed by atoms with Crippen molar-refractivity contribution in [2.24, 2.45) is 0 Å². The molecule has 0 aromatic heterocycles. The second kappa shape index (κ2) is 6.03. The SMILES string of the molecule is N#Cc1ccc([S+]([O-])N2CCc3cc(B(O)O)ccc32)cc1. The third-order valence-corrected chi connectivity index (χ3v) is 5.09. The molecule has 0 aliphatic carbocycles. The van der Waals surface area contributed by atoms with Gasteiger partial charge < -0.3 is 14.6 Å². The first-order valence-corrected chi connectivity index (χ1v) is 7.89. The number of rotatable bonds is 3. The van der Waals surface area contributed by atoms with Crippen LogP contribution < -0.4 is 9.77 Å². The van der Waals surface area contributed by atoms with Crippen LogP contribution in [-0.2, 0) is 17.8 Å². The van der Waals surface area contributed by atoms with Crippen molar-refractivity contribution in [2.45, 2.75) is 11.3 Å². The fourth-order valence-corrected chi connectivity index (χ4v) is 3.73. The molecule has 1 aliphatic heterocycles. The molecule has 2 aromatic carbocycles. The van der Waals surface area contributed by atoms with Gasteiger partial charge in [-0.3, -0.25) is 0 Å². The second-order valence-electron chi connectivity index (χ2n) is 5.00. The van der Waals surface area contributed by atoms with Gasteiger partial charge >= 0.3 is 7.12 Å². The van der Waals surface area contributed by atoms with Gasteiger partial charge in [-0.05, 0) is 47.8 Å². The molecule has 7 heteroatoms. The van der Waals surface area contributed by atoms with Gasteiger partial charge in [-0.15, -0.1) is 0 Å². The first-order valence-electron chi connectivity index (χ1n) is 6.78. The topological polar surface area (TPSA) is 90.5 Å². The van der Waals surface area contributed by atoms with E-state index in [1.165, 1.54) is 0 Å². The summed E-state index contributed by atoms with van der Waals surface area (Å²) in [7, 11) is -1.50. The molecule has 110 valence electrons. The molecule has 0 saturated carbocycles. The maximum atomic E-state index is 12.7.